The Morgan fingerprint density at radius 3 is 2.56 bits per heavy atom. The number of benzene rings is 2. The fourth-order valence-electron chi connectivity index (χ4n) is 6.16. The van der Waals surface area contributed by atoms with Gasteiger partial charge in [0.1, 0.15) is 11.5 Å². The second-order valence-electron chi connectivity index (χ2n) is 12.5. The Labute approximate surface area is 278 Å². The maximum Gasteiger partial charge on any atom is 0.290 e. The lowest BCUT2D eigenvalue weighted by molar-refractivity contribution is 0.0302. The molecule has 246 valence electrons. The zero-order valence-electron chi connectivity index (χ0n) is 27.2. The molecule has 48 heavy (non-hydrogen) atoms. The van der Waals surface area contributed by atoms with Gasteiger partial charge < -0.3 is 24.8 Å². The summed E-state index contributed by atoms with van der Waals surface area (Å²) in [4.78, 5) is 64.1. The van der Waals surface area contributed by atoms with Crippen LogP contribution in [-0.2, 0) is 23.6 Å². The lowest BCUT2D eigenvalue weighted by Crippen LogP contribution is -2.40. The maximum atomic E-state index is 13.8. The topological polar surface area (TPSA) is 139 Å². The zero-order chi connectivity index (χ0) is 34.0. The fourth-order valence-corrected chi connectivity index (χ4v) is 6.16. The van der Waals surface area contributed by atoms with Crippen molar-refractivity contribution in [3.8, 4) is 11.3 Å². The number of aryl methyl sites for hydroxylation is 1. The second kappa shape index (κ2) is 13.3. The average molecular weight is 648 g/mol. The summed E-state index contributed by atoms with van der Waals surface area (Å²) in [5.41, 5.74) is 4.19. The first kappa shape index (κ1) is 32.5. The Bertz CT molecular complexity index is 1960. The van der Waals surface area contributed by atoms with Crippen LogP contribution in [0.25, 0.3) is 11.3 Å². The Hall–Kier alpha value is -5.49. The van der Waals surface area contributed by atoms with Gasteiger partial charge in [0.05, 0.1) is 30.2 Å². The molecule has 2 aromatic heterocycles. The van der Waals surface area contributed by atoms with E-state index in [1.54, 1.807) is 46.2 Å². The number of amides is 2. The summed E-state index contributed by atoms with van der Waals surface area (Å²) in [5.74, 6) is 0.0308. The van der Waals surface area contributed by atoms with Crippen molar-refractivity contribution in [2.45, 2.75) is 25.7 Å². The largest absolute Gasteiger partial charge is 0.378 e. The highest BCUT2D eigenvalue weighted by Crippen LogP contribution is 2.34. The SMILES string of the molecule is C=NCC(C)(C)c1ccc2c(c1)CCN(c1cccc(-c3cc(Nc4ccc(C(=O)N5CCOCC5)cn4)c(=O)n(C)n3)c1C=O)C2=O. The van der Waals surface area contributed by atoms with Gasteiger partial charge in [0.25, 0.3) is 17.4 Å². The number of carbonyl (C=O) groups excluding carboxylic acids is 3. The first-order chi connectivity index (χ1) is 23.1. The van der Waals surface area contributed by atoms with Crippen LogP contribution in [0.3, 0.4) is 0 Å². The van der Waals surface area contributed by atoms with Gasteiger partial charge >= 0.3 is 0 Å². The molecule has 4 aromatic rings. The van der Waals surface area contributed by atoms with Crippen molar-refractivity contribution in [1.82, 2.24) is 19.7 Å². The van der Waals surface area contributed by atoms with E-state index in [1.165, 1.54) is 17.9 Å². The first-order valence-electron chi connectivity index (χ1n) is 15.8. The van der Waals surface area contributed by atoms with Crippen molar-refractivity contribution in [3.63, 3.8) is 0 Å². The van der Waals surface area contributed by atoms with Gasteiger partial charge in [0, 0.05) is 61.5 Å². The molecule has 1 fully saturated rings. The van der Waals surface area contributed by atoms with Crippen molar-refractivity contribution < 1.29 is 19.1 Å². The summed E-state index contributed by atoms with van der Waals surface area (Å²) in [5, 5.41) is 7.47. The van der Waals surface area contributed by atoms with Gasteiger partial charge in [-0.25, -0.2) is 9.67 Å². The standard InChI is InChI=1S/C36H37N7O5/c1-36(2,22-37-3)25-9-10-26-23(18-25)12-13-43(34(26)46)31-7-5-6-27(28(31)21-44)29-19-30(35(47)41(4)40-29)39-32-11-8-24(20-38-32)33(45)42-14-16-48-17-15-42/h5-11,18-21H,3,12-17,22H2,1-2,4H3,(H,38,39). The van der Waals surface area contributed by atoms with Gasteiger partial charge in [-0.1, -0.05) is 38.1 Å². The van der Waals surface area contributed by atoms with E-state index < -0.39 is 5.56 Å². The highest BCUT2D eigenvalue weighted by Gasteiger charge is 2.30. The predicted octanol–water partition coefficient (Wildman–Crippen LogP) is 4.05. The molecular weight excluding hydrogens is 610 g/mol. The van der Waals surface area contributed by atoms with E-state index in [0.717, 1.165) is 11.1 Å². The van der Waals surface area contributed by atoms with Gasteiger partial charge in [-0.15, -0.1) is 0 Å². The average Bonchev–Trinajstić information content (AvgIpc) is 3.10. The van der Waals surface area contributed by atoms with E-state index in [2.05, 4.69) is 47.0 Å². The minimum atomic E-state index is -0.410. The number of aldehydes is 1. The molecule has 0 atom stereocenters. The number of nitrogens with one attached hydrogen (secondary N) is 1. The molecule has 0 radical (unpaired) electrons. The van der Waals surface area contributed by atoms with Crippen molar-refractivity contribution in [3.05, 3.63) is 99.0 Å². The summed E-state index contributed by atoms with van der Waals surface area (Å²) in [6.07, 6.45) is 2.80. The number of fused-ring (bicyclic) bond motifs is 1. The molecular formula is C36H37N7O5. The van der Waals surface area contributed by atoms with Gasteiger partial charge in [-0.3, -0.25) is 19.2 Å². The van der Waals surface area contributed by atoms with E-state index in [4.69, 9.17) is 4.74 Å². The normalized spacial score (nSPS) is 14.8. The summed E-state index contributed by atoms with van der Waals surface area (Å²) in [6.45, 7) is 10.8. The molecule has 1 N–H and O–H groups in total. The van der Waals surface area contributed by atoms with E-state index in [1.807, 2.05) is 12.1 Å². The number of nitrogens with zero attached hydrogens (tertiary/aromatic N) is 6. The lowest BCUT2D eigenvalue weighted by atomic mass is 9.82. The van der Waals surface area contributed by atoms with Crippen LogP contribution in [0.2, 0.25) is 0 Å². The van der Waals surface area contributed by atoms with Crippen LogP contribution >= 0.6 is 0 Å². The molecule has 2 aromatic carbocycles. The number of carbonyl (C=O) groups is 3. The summed E-state index contributed by atoms with van der Waals surface area (Å²) in [7, 11) is 1.52. The number of rotatable bonds is 9. The smallest absolute Gasteiger partial charge is 0.290 e. The van der Waals surface area contributed by atoms with Gasteiger partial charge in [-0.05, 0) is 54.6 Å². The number of ether oxygens (including phenoxy) is 1. The van der Waals surface area contributed by atoms with Crippen LogP contribution in [0.5, 0.6) is 0 Å². The number of aliphatic imine (C=N–C) groups is 1. The van der Waals surface area contributed by atoms with E-state index in [0.29, 0.717) is 86.0 Å². The van der Waals surface area contributed by atoms with E-state index in [-0.39, 0.29) is 28.5 Å². The molecule has 1 saturated heterocycles. The van der Waals surface area contributed by atoms with E-state index in [9.17, 15) is 19.2 Å². The van der Waals surface area contributed by atoms with Crippen LogP contribution < -0.4 is 15.8 Å². The fraction of sp³-hybridized carbons (Fsp3) is 0.306. The minimum absolute atomic E-state index is 0.133. The van der Waals surface area contributed by atoms with Crippen LogP contribution in [0.15, 0.2) is 70.6 Å². The van der Waals surface area contributed by atoms with Crippen molar-refractivity contribution in [1.29, 1.82) is 0 Å². The quantitative estimate of drug-likeness (QED) is 0.212. The number of aromatic nitrogens is 3. The molecule has 12 nitrogen and oxygen atoms in total. The molecule has 4 heterocycles. The molecule has 0 unspecified atom stereocenters. The Morgan fingerprint density at radius 1 is 1.06 bits per heavy atom. The zero-order valence-corrected chi connectivity index (χ0v) is 27.2. The Kier molecular flexibility index (Phi) is 9.01. The van der Waals surface area contributed by atoms with Gasteiger partial charge in [0.2, 0.25) is 0 Å². The highest BCUT2D eigenvalue weighted by molar-refractivity contribution is 6.11. The highest BCUT2D eigenvalue weighted by atomic mass is 16.5. The number of pyridine rings is 1. The predicted molar refractivity (Wildman–Crippen MR) is 184 cm³/mol. The number of hydrogen-bond donors (Lipinski definition) is 1. The molecule has 0 aliphatic carbocycles. The third-order valence-electron chi connectivity index (χ3n) is 8.88. The Balaban J connectivity index is 1.28. The van der Waals surface area contributed by atoms with Crippen LogP contribution in [0.4, 0.5) is 17.2 Å². The van der Waals surface area contributed by atoms with Crippen molar-refractivity contribution >= 4 is 42.0 Å². The Morgan fingerprint density at radius 2 is 1.85 bits per heavy atom. The maximum absolute atomic E-state index is 13.8. The second-order valence-corrected chi connectivity index (χ2v) is 12.5. The molecule has 0 bridgehead atoms. The number of anilines is 3. The van der Waals surface area contributed by atoms with Crippen LogP contribution in [0, 0.1) is 0 Å². The minimum Gasteiger partial charge on any atom is -0.378 e. The van der Waals surface area contributed by atoms with Gasteiger partial charge in [-0.2, -0.15) is 5.10 Å². The molecule has 12 heteroatoms. The summed E-state index contributed by atoms with van der Waals surface area (Å²) in [6, 6.07) is 16.0. The lowest BCUT2D eigenvalue weighted by Gasteiger charge is -2.31. The third-order valence-corrected chi connectivity index (χ3v) is 8.88. The molecule has 2 amide bonds. The molecule has 0 saturated carbocycles. The van der Waals surface area contributed by atoms with Crippen molar-refractivity contribution in [2.75, 3.05) is 49.6 Å². The van der Waals surface area contributed by atoms with Crippen LogP contribution in [-0.4, -0.2) is 83.9 Å². The number of hydrogen-bond acceptors (Lipinski definition) is 9. The van der Waals surface area contributed by atoms with E-state index >= 15 is 0 Å². The molecule has 2 aliphatic rings. The molecule has 0 spiro atoms. The summed E-state index contributed by atoms with van der Waals surface area (Å²) < 4.78 is 6.50. The van der Waals surface area contributed by atoms with Crippen LogP contribution in [0.1, 0.15) is 56.0 Å². The summed E-state index contributed by atoms with van der Waals surface area (Å²) >= 11 is 0. The molecule has 6 rings (SSSR count). The van der Waals surface area contributed by atoms with Crippen molar-refractivity contribution in [2.24, 2.45) is 12.0 Å². The monoisotopic (exact) mass is 647 g/mol. The first-order valence-corrected chi connectivity index (χ1v) is 15.8. The number of morpholine rings is 1. The third kappa shape index (κ3) is 6.26. The molecule has 2 aliphatic heterocycles. The van der Waals surface area contributed by atoms with Gasteiger partial charge in [0.15, 0.2) is 6.29 Å².